The van der Waals surface area contributed by atoms with E-state index in [0.717, 1.165) is 0 Å². The predicted molar refractivity (Wildman–Crippen MR) is 52.2 cm³/mol. The van der Waals surface area contributed by atoms with Gasteiger partial charge in [-0.1, -0.05) is 5.92 Å². The van der Waals surface area contributed by atoms with Crippen molar-refractivity contribution in [3.63, 3.8) is 0 Å². The van der Waals surface area contributed by atoms with Gasteiger partial charge in [-0.15, -0.1) is 6.42 Å². The molecule has 0 bridgehead atoms. The van der Waals surface area contributed by atoms with E-state index < -0.39 is 5.60 Å². The van der Waals surface area contributed by atoms with E-state index in [1.54, 1.807) is 18.3 Å². The maximum atomic E-state index is 5.48. The molecule has 0 fully saturated rings. The Bertz CT molecular complexity index is 339. The molecular formula is C10H12N2O. The van der Waals surface area contributed by atoms with Gasteiger partial charge in [-0.25, -0.2) is 4.98 Å². The smallest absolute Gasteiger partial charge is 0.163 e. The van der Waals surface area contributed by atoms with Crippen LogP contribution in [-0.4, -0.2) is 10.6 Å². The molecule has 1 heterocycles. The number of terminal acetylenes is 1. The number of hydrogen-bond acceptors (Lipinski definition) is 3. The van der Waals surface area contributed by atoms with Crippen LogP contribution < -0.4 is 10.5 Å². The van der Waals surface area contributed by atoms with Crippen LogP contribution in [0.15, 0.2) is 18.3 Å². The number of aromatic nitrogens is 1. The largest absolute Gasteiger partial charge is 0.475 e. The Hall–Kier alpha value is -1.69. The first kappa shape index (κ1) is 9.40. The molecule has 1 rings (SSSR count). The molecule has 0 aliphatic carbocycles. The standard InChI is InChI=1S/C10H12N2O/c1-4-10(2,3)13-8-5-6-12-9(11)7-8/h1,5-7H,2-3H3,(H2,11,12). The van der Waals surface area contributed by atoms with Crippen LogP contribution in [0, 0.1) is 12.3 Å². The normalized spacial score (nSPS) is 10.5. The quantitative estimate of drug-likeness (QED) is 0.694. The van der Waals surface area contributed by atoms with Gasteiger partial charge in [0.25, 0.3) is 0 Å². The molecule has 0 amide bonds. The third kappa shape index (κ3) is 2.68. The number of nitrogens with two attached hydrogens (primary N) is 1. The number of pyridine rings is 1. The first-order chi connectivity index (χ1) is 6.03. The molecular weight excluding hydrogens is 164 g/mol. The fourth-order valence-electron chi connectivity index (χ4n) is 0.816. The van der Waals surface area contributed by atoms with Crippen molar-refractivity contribution in [2.24, 2.45) is 0 Å². The Morgan fingerprint density at radius 3 is 2.85 bits per heavy atom. The maximum Gasteiger partial charge on any atom is 0.163 e. The molecule has 2 N–H and O–H groups in total. The molecule has 0 saturated heterocycles. The lowest BCUT2D eigenvalue weighted by Crippen LogP contribution is -2.25. The Balaban J connectivity index is 2.82. The first-order valence-corrected chi connectivity index (χ1v) is 3.92. The van der Waals surface area contributed by atoms with E-state index in [4.69, 9.17) is 16.9 Å². The van der Waals surface area contributed by atoms with Crippen molar-refractivity contribution in [2.45, 2.75) is 19.4 Å². The van der Waals surface area contributed by atoms with Crippen LogP contribution in [0.4, 0.5) is 5.82 Å². The van der Waals surface area contributed by atoms with Crippen LogP contribution >= 0.6 is 0 Å². The Labute approximate surface area is 77.9 Å². The molecule has 0 aliphatic heterocycles. The number of ether oxygens (including phenoxy) is 1. The molecule has 0 radical (unpaired) electrons. The van der Waals surface area contributed by atoms with Crippen LogP contribution in [0.25, 0.3) is 0 Å². The van der Waals surface area contributed by atoms with Gasteiger partial charge in [-0.3, -0.25) is 0 Å². The molecule has 68 valence electrons. The van der Waals surface area contributed by atoms with Crippen LogP contribution in [0.5, 0.6) is 5.75 Å². The molecule has 0 aromatic carbocycles. The zero-order valence-corrected chi connectivity index (χ0v) is 7.74. The highest BCUT2D eigenvalue weighted by molar-refractivity contribution is 5.36. The lowest BCUT2D eigenvalue weighted by Gasteiger charge is -2.19. The summed E-state index contributed by atoms with van der Waals surface area (Å²) in [7, 11) is 0. The number of hydrogen-bond donors (Lipinski definition) is 1. The third-order valence-corrected chi connectivity index (χ3v) is 1.47. The topological polar surface area (TPSA) is 48.1 Å². The van der Waals surface area contributed by atoms with E-state index in [9.17, 15) is 0 Å². The summed E-state index contributed by atoms with van der Waals surface area (Å²) in [5.74, 6) is 3.58. The zero-order chi connectivity index (χ0) is 9.90. The molecule has 1 aromatic heterocycles. The fourth-order valence-corrected chi connectivity index (χ4v) is 0.816. The summed E-state index contributed by atoms with van der Waals surface area (Å²) in [6.45, 7) is 3.62. The second kappa shape index (κ2) is 3.36. The molecule has 1 aromatic rings. The lowest BCUT2D eigenvalue weighted by atomic mass is 10.1. The molecule has 3 nitrogen and oxygen atoms in total. The fraction of sp³-hybridized carbons (Fsp3) is 0.300. The van der Waals surface area contributed by atoms with Gasteiger partial charge in [0.2, 0.25) is 0 Å². The van der Waals surface area contributed by atoms with E-state index in [2.05, 4.69) is 10.9 Å². The summed E-state index contributed by atoms with van der Waals surface area (Å²) in [6.07, 6.45) is 6.85. The minimum absolute atomic E-state index is 0.422. The SMILES string of the molecule is C#CC(C)(C)Oc1ccnc(N)c1. The Kier molecular flexibility index (Phi) is 2.43. The first-order valence-electron chi connectivity index (χ1n) is 3.92. The van der Waals surface area contributed by atoms with Crippen molar-refractivity contribution in [3.8, 4) is 18.1 Å². The number of rotatable bonds is 2. The van der Waals surface area contributed by atoms with Gasteiger partial charge in [-0.2, -0.15) is 0 Å². The van der Waals surface area contributed by atoms with Crippen LogP contribution in [0.2, 0.25) is 0 Å². The van der Waals surface area contributed by atoms with Crippen molar-refractivity contribution < 1.29 is 4.74 Å². The summed E-state index contributed by atoms with van der Waals surface area (Å²) in [6, 6.07) is 3.36. The van der Waals surface area contributed by atoms with Crippen molar-refractivity contribution in [1.82, 2.24) is 4.98 Å². The second-order valence-electron chi connectivity index (χ2n) is 3.17. The van der Waals surface area contributed by atoms with Crippen LogP contribution in [-0.2, 0) is 0 Å². The molecule has 0 aliphatic rings. The summed E-state index contributed by atoms with van der Waals surface area (Å²) >= 11 is 0. The molecule has 13 heavy (non-hydrogen) atoms. The van der Waals surface area contributed by atoms with Gasteiger partial charge >= 0.3 is 0 Å². The minimum atomic E-state index is -0.617. The second-order valence-corrected chi connectivity index (χ2v) is 3.17. The van der Waals surface area contributed by atoms with Gasteiger partial charge in [0, 0.05) is 12.3 Å². The van der Waals surface area contributed by atoms with Crippen molar-refractivity contribution in [1.29, 1.82) is 0 Å². The van der Waals surface area contributed by atoms with Crippen molar-refractivity contribution in [3.05, 3.63) is 18.3 Å². The molecule has 0 spiro atoms. The van der Waals surface area contributed by atoms with E-state index in [1.165, 1.54) is 0 Å². The highest BCUT2D eigenvalue weighted by Gasteiger charge is 2.15. The third-order valence-electron chi connectivity index (χ3n) is 1.47. The van der Waals surface area contributed by atoms with Crippen LogP contribution in [0.3, 0.4) is 0 Å². The van der Waals surface area contributed by atoms with Crippen molar-refractivity contribution >= 4 is 5.82 Å². The summed E-state index contributed by atoms with van der Waals surface area (Å²) < 4.78 is 5.48. The van der Waals surface area contributed by atoms with Gasteiger partial charge in [0.1, 0.15) is 11.6 Å². The van der Waals surface area contributed by atoms with Gasteiger partial charge in [0.15, 0.2) is 5.60 Å². The van der Waals surface area contributed by atoms with Gasteiger partial charge in [0.05, 0.1) is 0 Å². The van der Waals surface area contributed by atoms with E-state index in [1.807, 2.05) is 13.8 Å². The lowest BCUT2D eigenvalue weighted by molar-refractivity contribution is 0.172. The Morgan fingerprint density at radius 2 is 2.31 bits per heavy atom. The average Bonchev–Trinajstić information content (AvgIpc) is 2.03. The van der Waals surface area contributed by atoms with Gasteiger partial charge in [-0.05, 0) is 19.9 Å². The highest BCUT2D eigenvalue weighted by Crippen LogP contribution is 2.18. The van der Waals surface area contributed by atoms with E-state index >= 15 is 0 Å². The number of nitrogen functional groups attached to an aromatic ring is 1. The molecule has 3 heteroatoms. The molecule has 0 unspecified atom stereocenters. The summed E-state index contributed by atoms with van der Waals surface area (Å²) in [4.78, 5) is 3.84. The maximum absolute atomic E-state index is 5.48. The van der Waals surface area contributed by atoms with E-state index in [-0.39, 0.29) is 0 Å². The monoisotopic (exact) mass is 176 g/mol. The number of anilines is 1. The van der Waals surface area contributed by atoms with Crippen LogP contribution in [0.1, 0.15) is 13.8 Å². The average molecular weight is 176 g/mol. The van der Waals surface area contributed by atoms with Gasteiger partial charge < -0.3 is 10.5 Å². The summed E-state index contributed by atoms with van der Waals surface area (Å²) in [5, 5.41) is 0. The van der Waals surface area contributed by atoms with E-state index in [0.29, 0.717) is 11.6 Å². The van der Waals surface area contributed by atoms with Crippen molar-refractivity contribution in [2.75, 3.05) is 5.73 Å². The minimum Gasteiger partial charge on any atom is -0.475 e. The molecule has 0 atom stereocenters. The molecule has 0 saturated carbocycles. The predicted octanol–water partition coefficient (Wildman–Crippen LogP) is 1.45. The number of nitrogens with zero attached hydrogens (tertiary/aromatic N) is 1. The zero-order valence-electron chi connectivity index (χ0n) is 7.74. The summed E-state index contributed by atoms with van der Waals surface area (Å²) in [5.41, 5.74) is 4.86. The highest BCUT2D eigenvalue weighted by atomic mass is 16.5. The Morgan fingerprint density at radius 1 is 1.62 bits per heavy atom.